The second-order valence-corrected chi connectivity index (χ2v) is 4.64. The Kier molecular flexibility index (Phi) is 4.26. The molecule has 0 radical (unpaired) electrons. The zero-order valence-electron chi connectivity index (χ0n) is 10.8. The molecule has 0 saturated carbocycles. The van der Waals surface area contributed by atoms with Crippen LogP contribution in [0.15, 0.2) is 18.2 Å². The van der Waals surface area contributed by atoms with Crippen LogP contribution in [0.3, 0.4) is 0 Å². The van der Waals surface area contributed by atoms with E-state index in [9.17, 15) is 0 Å². The van der Waals surface area contributed by atoms with E-state index in [0.29, 0.717) is 0 Å². The van der Waals surface area contributed by atoms with Crippen LogP contribution >= 0.6 is 0 Å². The summed E-state index contributed by atoms with van der Waals surface area (Å²) in [5.74, 6) is 0. The van der Waals surface area contributed by atoms with Gasteiger partial charge in [0, 0.05) is 45.2 Å². The Morgan fingerprint density at radius 3 is 3.12 bits per heavy atom. The van der Waals surface area contributed by atoms with E-state index in [1.54, 1.807) is 7.11 Å². The molecule has 0 atom stereocenters. The van der Waals surface area contributed by atoms with Gasteiger partial charge >= 0.3 is 0 Å². The van der Waals surface area contributed by atoms with Crippen molar-refractivity contribution in [3.05, 3.63) is 23.8 Å². The van der Waals surface area contributed by atoms with Crippen LogP contribution in [-0.2, 0) is 11.2 Å². The number of anilines is 2. The quantitative estimate of drug-likeness (QED) is 0.792. The number of aryl methyl sites for hydroxylation is 1. The molecule has 0 saturated heterocycles. The molecule has 1 heterocycles. The lowest BCUT2D eigenvalue weighted by Gasteiger charge is -2.27. The summed E-state index contributed by atoms with van der Waals surface area (Å²) in [6, 6.07) is 6.69. The summed E-state index contributed by atoms with van der Waals surface area (Å²) in [6.07, 6.45) is 3.51. The maximum Gasteiger partial charge on any atom is 0.0479 e. The molecule has 0 aromatic heterocycles. The van der Waals surface area contributed by atoms with Crippen molar-refractivity contribution in [2.24, 2.45) is 0 Å². The molecule has 0 fully saturated rings. The average Bonchev–Trinajstić information content (AvgIpc) is 2.35. The number of benzene rings is 1. The number of methoxy groups -OCH3 is 1. The Balaban J connectivity index is 1.96. The van der Waals surface area contributed by atoms with E-state index in [0.717, 1.165) is 19.6 Å². The third-order valence-electron chi connectivity index (χ3n) is 3.28. The minimum atomic E-state index is 0.820. The summed E-state index contributed by atoms with van der Waals surface area (Å²) in [5.41, 5.74) is 4.09. The summed E-state index contributed by atoms with van der Waals surface area (Å²) in [7, 11) is 3.92. The van der Waals surface area contributed by atoms with Crippen LogP contribution in [-0.4, -0.2) is 33.9 Å². The fraction of sp³-hybridized carbons (Fsp3) is 0.571. The van der Waals surface area contributed by atoms with Crippen molar-refractivity contribution >= 4 is 11.4 Å². The lowest BCUT2D eigenvalue weighted by Crippen LogP contribution is -2.24. The minimum absolute atomic E-state index is 0.820. The number of hydrogen-bond donors (Lipinski definition) is 1. The van der Waals surface area contributed by atoms with Crippen molar-refractivity contribution in [1.82, 2.24) is 0 Å². The normalized spacial score (nSPS) is 14.6. The largest absolute Gasteiger partial charge is 0.385 e. The predicted molar refractivity (Wildman–Crippen MR) is 73.0 cm³/mol. The number of hydrogen-bond acceptors (Lipinski definition) is 3. The number of nitrogens with zero attached hydrogens (tertiary/aromatic N) is 1. The molecule has 1 aliphatic rings. The molecular formula is C14H22N2O. The zero-order valence-corrected chi connectivity index (χ0v) is 10.8. The molecule has 0 bridgehead atoms. The predicted octanol–water partition coefficient (Wildman–Crippen LogP) is 2.52. The Morgan fingerprint density at radius 1 is 1.41 bits per heavy atom. The van der Waals surface area contributed by atoms with Gasteiger partial charge < -0.3 is 15.0 Å². The van der Waals surface area contributed by atoms with Crippen molar-refractivity contribution in [2.75, 3.05) is 44.1 Å². The lowest BCUT2D eigenvalue weighted by molar-refractivity contribution is 0.198. The van der Waals surface area contributed by atoms with E-state index in [-0.39, 0.29) is 0 Å². The van der Waals surface area contributed by atoms with Crippen LogP contribution in [0.5, 0.6) is 0 Å². The third-order valence-corrected chi connectivity index (χ3v) is 3.28. The van der Waals surface area contributed by atoms with Crippen LogP contribution in [0.2, 0.25) is 0 Å². The highest BCUT2D eigenvalue weighted by atomic mass is 16.5. The first kappa shape index (κ1) is 12.2. The minimum Gasteiger partial charge on any atom is -0.385 e. The molecule has 0 unspecified atom stereocenters. The van der Waals surface area contributed by atoms with E-state index in [1.165, 1.54) is 36.3 Å². The molecule has 0 aliphatic carbocycles. The summed E-state index contributed by atoms with van der Waals surface area (Å²) in [5, 5.41) is 3.45. The van der Waals surface area contributed by atoms with E-state index < -0.39 is 0 Å². The van der Waals surface area contributed by atoms with Gasteiger partial charge in [-0.2, -0.15) is 0 Å². The number of fused-ring (bicyclic) bond motifs is 1. The van der Waals surface area contributed by atoms with E-state index in [2.05, 4.69) is 35.5 Å². The average molecular weight is 234 g/mol. The van der Waals surface area contributed by atoms with Crippen LogP contribution in [0.25, 0.3) is 0 Å². The van der Waals surface area contributed by atoms with E-state index in [1.807, 2.05) is 0 Å². The maximum absolute atomic E-state index is 5.04. The van der Waals surface area contributed by atoms with Crippen molar-refractivity contribution in [3.63, 3.8) is 0 Å². The molecule has 1 aromatic carbocycles. The SMILES string of the molecule is COCCCNc1ccc2c(c1)CCCN2C. The van der Waals surface area contributed by atoms with Gasteiger partial charge in [-0.15, -0.1) is 0 Å². The van der Waals surface area contributed by atoms with Gasteiger partial charge in [0.25, 0.3) is 0 Å². The van der Waals surface area contributed by atoms with Gasteiger partial charge in [0.1, 0.15) is 0 Å². The number of ether oxygens (including phenoxy) is 1. The summed E-state index contributed by atoms with van der Waals surface area (Å²) >= 11 is 0. The number of nitrogens with one attached hydrogen (secondary N) is 1. The lowest BCUT2D eigenvalue weighted by atomic mass is 10.0. The van der Waals surface area contributed by atoms with E-state index >= 15 is 0 Å². The molecule has 0 spiro atoms. The molecule has 3 nitrogen and oxygen atoms in total. The second kappa shape index (κ2) is 5.92. The molecule has 3 heteroatoms. The molecule has 1 aromatic rings. The standard InChI is InChI=1S/C14H22N2O/c1-16-9-3-5-12-11-13(6-7-14(12)16)15-8-4-10-17-2/h6-7,11,15H,3-5,8-10H2,1-2H3. The Bertz CT molecular complexity index is 365. The molecule has 94 valence electrons. The third kappa shape index (κ3) is 3.13. The summed E-state index contributed by atoms with van der Waals surface area (Å²) < 4.78 is 5.04. The van der Waals surface area contributed by atoms with Crippen molar-refractivity contribution in [2.45, 2.75) is 19.3 Å². The zero-order chi connectivity index (χ0) is 12.1. The van der Waals surface area contributed by atoms with Crippen molar-refractivity contribution in [1.29, 1.82) is 0 Å². The van der Waals surface area contributed by atoms with Gasteiger partial charge in [-0.05, 0) is 43.0 Å². The van der Waals surface area contributed by atoms with Crippen LogP contribution in [0.1, 0.15) is 18.4 Å². The van der Waals surface area contributed by atoms with Crippen LogP contribution < -0.4 is 10.2 Å². The molecule has 0 amide bonds. The monoisotopic (exact) mass is 234 g/mol. The fourth-order valence-electron chi connectivity index (χ4n) is 2.34. The summed E-state index contributed by atoms with van der Waals surface area (Å²) in [4.78, 5) is 2.34. The van der Waals surface area contributed by atoms with Crippen LogP contribution in [0.4, 0.5) is 11.4 Å². The first-order valence-electron chi connectivity index (χ1n) is 6.38. The van der Waals surface area contributed by atoms with Crippen molar-refractivity contribution in [3.8, 4) is 0 Å². The Hall–Kier alpha value is -1.22. The van der Waals surface area contributed by atoms with Gasteiger partial charge in [0.15, 0.2) is 0 Å². The molecule has 17 heavy (non-hydrogen) atoms. The fourth-order valence-corrected chi connectivity index (χ4v) is 2.34. The van der Waals surface area contributed by atoms with Crippen LogP contribution in [0, 0.1) is 0 Å². The molecule has 1 aliphatic heterocycles. The van der Waals surface area contributed by atoms with Crippen molar-refractivity contribution < 1.29 is 4.74 Å². The first-order valence-corrected chi connectivity index (χ1v) is 6.38. The van der Waals surface area contributed by atoms with Gasteiger partial charge in [-0.3, -0.25) is 0 Å². The molecule has 2 rings (SSSR count). The van der Waals surface area contributed by atoms with E-state index in [4.69, 9.17) is 4.74 Å². The van der Waals surface area contributed by atoms with Gasteiger partial charge in [-0.25, -0.2) is 0 Å². The molecular weight excluding hydrogens is 212 g/mol. The Labute approximate surface area is 104 Å². The maximum atomic E-state index is 5.04. The summed E-state index contributed by atoms with van der Waals surface area (Å²) in [6.45, 7) is 2.97. The van der Waals surface area contributed by atoms with Gasteiger partial charge in [0.2, 0.25) is 0 Å². The number of rotatable bonds is 5. The molecule has 1 N–H and O–H groups in total. The van der Waals surface area contributed by atoms with Gasteiger partial charge in [0.05, 0.1) is 0 Å². The highest BCUT2D eigenvalue weighted by Crippen LogP contribution is 2.28. The Morgan fingerprint density at radius 2 is 2.29 bits per heavy atom. The highest BCUT2D eigenvalue weighted by molar-refractivity contribution is 5.61. The smallest absolute Gasteiger partial charge is 0.0479 e. The first-order chi connectivity index (χ1) is 8.31. The van der Waals surface area contributed by atoms with Gasteiger partial charge in [-0.1, -0.05) is 0 Å². The highest BCUT2D eigenvalue weighted by Gasteiger charge is 2.13. The second-order valence-electron chi connectivity index (χ2n) is 4.64. The topological polar surface area (TPSA) is 24.5 Å².